The zero-order valence-electron chi connectivity index (χ0n) is 18.0. The second-order valence-corrected chi connectivity index (χ2v) is 7.52. The van der Waals surface area contributed by atoms with Gasteiger partial charge in [0.1, 0.15) is 23.1 Å². The van der Waals surface area contributed by atoms with Gasteiger partial charge in [-0.3, -0.25) is 14.0 Å². The van der Waals surface area contributed by atoms with E-state index in [0.29, 0.717) is 44.1 Å². The van der Waals surface area contributed by atoms with E-state index in [1.807, 2.05) is 24.8 Å². The standard InChI is InChI=1S/C22H27N5O4/c1-15-13-26(14-16(2)31-15)20-18(22(29)27-9-5-4-7-19(27)25-20)11-17(12-23)21(28)24-8-6-10-30-3/h4-5,7,9,11,15-16H,6,8,10,13-14H2,1-3H3,(H,24,28)/b17-11+/t15-,16+. The summed E-state index contributed by atoms with van der Waals surface area (Å²) in [7, 11) is 1.58. The van der Waals surface area contributed by atoms with Gasteiger partial charge >= 0.3 is 0 Å². The summed E-state index contributed by atoms with van der Waals surface area (Å²) < 4.78 is 12.2. The molecule has 1 saturated heterocycles. The lowest BCUT2D eigenvalue weighted by Crippen LogP contribution is -2.46. The fourth-order valence-corrected chi connectivity index (χ4v) is 3.62. The van der Waals surface area contributed by atoms with Crippen molar-refractivity contribution in [3.8, 4) is 6.07 Å². The highest BCUT2D eigenvalue weighted by Crippen LogP contribution is 2.23. The van der Waals surface area contributed by atoms with Crippen LogP contribution in [0.3, 0.4) is 0 Å². The highest BCUT2D eigenvalue weighted by Gasteiger charge is 2.27. The van der Waals surface area contributed by atoms with Gasteiger partial charge in [0.15, 0.2) is 0 Å². The Morgan fingerprint density at radius 2 is 2.13 bits per heavy atom. The minimum absolute atomic E-state index is 0.0453. The molecule has 0 spiro atoms. The van der Waals surface area contributed by atoms with Crippen molar-refractivity contribution in [2.24, 2.45) is 0 Å². The topological polar surface area (TPSA) is 109 Å². The summed E-state index contributed by atoms with van der Waals surface area (Å²) in [4.78, 5) is 32.5. The van der Waals surface area contributed by atoms with E-state index in [1.165, 1.54) is 10.5 Å². The number of nitriles is 1. The van der Waals surface area contributed by atoms with Crippen LogP contribution in [0.15, 0.2) is 34.8 Å². The highest BCUT2D eigenvalue weighted by molar-refractivity contribution is 6.02. The summed E-state index contributed by atoms with van der Waals surface area (Å²) in [6.45, 7) is 5.88. The number of nitrogens with one attached hydrogen (secondary N) is 1. The Labute approximate surface area is 180 Å². The molecule has 2 aromatic heterocycles. The van der Waals surface area contributed by atoms with Gasteiger partial charge in [0.05, 0.1) is 17.8 Å². The maximum atomic E-state index is 13.3. The fourth-order valence-electron chi connectivity index (χ4n) is 3.62. The first-order valence-electron chi connectivity index (χ1n) is 10.2. The van der Waals surface area contributed by atoms with Crippen LogP contribution < -0.4 is 15.8 Å². The number of fused-ring (bicyclic) bond motifs is 1. The largest absolute Gasteiger partial charge is 0.385 e. The first-order chi connectivity index (χ1) is 14.9. The van der Waals surface area contributed by atoms with E-state index in [1.54, 1.807) is 31.5 Å². The third kappa shape index (κ3) is 5.29. The molecule has 2 aromatic rings. The Kier molecular flexibility index (Phi) is 7.39. The van der Waals surface area contributed by atoms with Crippen LogP contribution in [0, 0.1) is 11.3 Å². The number of morpholine rings is 1. The van der Waals surface area contributed by atoms with Crippen molar-refractivity contribution >= 4 is 23.4 Å². The van der Waals surface area contributed by atoms with Crippen LogP contribution in [-0.2, 0) is 14.3 Å². The number of hydrogen-bond acceptors (Lipinski definition) is 7. The van der Waals surface area contributed by atoms with Crippen LogP contribution in [0.1, 0.15) is 25.8 Å². The first-order valence-corrected chi connectivity index (χ1v) is 10.2. The van der Waals surface area contributed by atoms with Gasteiger partial charge in [0.25, 0.3) is 11.5 Å². The number of amides is 1. The zero-order valence-corrected chi connectivity index (χ0v) is 18.0. The molecule has 164 valence electrons. The number of carbonyl (C=O) groups excluding carboxylic acids is 1. The molecule has 0 aromatic carbocycles. The Hall–Kier alpha value is -3.22. The number of ether oxygens (including phenoxy) is 2. The van der Waals surface area contributed by atoms with Gasteiger partial charge in [-0.25, -0.2) is 4.98 Å². The molecular formula is C22H27N5O4. The summed E-state index contributed by atoms with van der Waals surface area (Å²) in [6.07, 6.45) is 3.48. The lowest BCUT2D eigenvalue weighted by Gasteiger charge is -2.36. The van der Waals surface area contributed by atoms with Crippen molar-refractivity contribution in [3.05, 3.63) is 45.9 Å². The molecule has 1 amide bonds. The lowest BCUT2D eigenvalue weighted by atomic mass is 10.1. The maximum absolute atomic E-state index is 13.3. The third-order valence-corrected chi connectivity index (χ3v) is 4.93. The van der Waals surface area contributed by atoms with Crippen molar-refractivity contribution in [2.75, 3.05) is 38.3 Å². The number of pyridine rings is 1. The smallest absolute Gasteiger partial charge is 0.267 e. The van der Waals surface area contributed by atoms with Crippen molar-refractivity contribution in [2.45, 2.75) is 32.5 Å². The Bertz CT molecular complexity index is 1060. The van der Waals surface area contributed by atoms with Crippen LogP contribution in [0.5, 0.6) is 0 Å². The van der Waals surface area contributed by atoms with Gasteiger partial charge < -0.3 is 19.7 Å². The third-order valence-electron chi connectivity index (χ3n) is 4.93. The summed E-state index contributed by atoms with van der Waals surface area (Å²) in [6, 6.07) is 7.20. The molecule has 1 N–H and O–H groups in total. The predicted octanol–water partition coefficient (Wildman–Crippen LogP) is 1.37. The van der Waals surface area contributed by atoms with Crippen molar-refractivity contribution in [1.82, 2.24) is 14.7 Å². The molecule has 1 aliphatic heterocycles. The van der Waals surface area contributed by atoms with E-state index in [-0.39, 0.29) is 28.9 Å². The van der Waals surface area contributed by atoms with Crippen molar-refractivity contribution in [3.63, 3.8) is 0 Å². The van der Waals surface area contributed by atoms with Gasteiger partial charge in [-0.1, -0.05) is 6.07 Å². The fraction of sp³-hybridized carbons (Fsp3) is 0.455. The highest BCUT2D eigenvalue weighted by atomic mass is 16.5. The van der Waals surface area contributed by atoms with Crippen LogP contribution in [0.2, 0.25) is 0 Å². The number of methoxy groups -OCH3 is 1. The second kappa shape index (κ2) is 10.2. The van der Waals surface area contributed by atoms with E-state index in [4.69, 9.17) is 14.5 Å². The summed E-state index contributed by atoms with van der Waals surface area (Å²) in [5.41, 5.74) is 0.206. The molecule has 3 rings (SSSR count). The summed E-state index contributed by atoms with van der Waals surface area (Å²) >= 11 is 0. The molecule has 9 nitrogen and oxygen atoms in total. The average molecular weight is 425 g/mol. The van der Waals surface area contributed by atoms with E-state index in [0.717, 1.165) is 0 Å². The molecular weight excluding hydrogens is 398 g/mol. The van der Waals surface area contributed by atoms with E-state index < -0.39 is 5.91 Å². The maximum Gasteiger partial charge on any atom is 0.267 e. The van der Waals surface area contributed by atoms with Crippen molar-refractivity contribution < 1.29 is 14.3 Å². The predicted molar refractivity (Wildman–Crippen MR) is 117 cm³/mol. The van der Waals surface area contributed by atoms with E-state index in [9.17, 15) is 14.9 Å². The number of nitrogens with zero attached hydrogens (tertiary/aromatic N) is 4. The minimum atomic E-state index is -0.536. The minimum Gasteiger partial charge on any atom is -0.385 e. The molecule has 31 heavy (non-hydrogen) atoms. The zero-order chi connectivity index (χ0) is 22.4. The number of carbonyl (C=O) groups is 1. The van der Waals surface area contributed by atoms with Gasteiger partial charge in [0, 0.05) is 39.5 Å². The number of rotatable bonds is 7. The Morgan fingerprint density at radius 3 is 2.81 bits per heavy atom. The van der Waals surface area contributed by atoms with Gasteiger partial charge in [-0.2, -0.15) is 5.26 Å². The molecule has 0 unspecified atom stereocenters. The van der Waals surface area contributed by atoms with Crippen molar-refractivity contribution in [1.29, 1.82) is 5.26 Å². The first kappa shape index (κ1) is 22.5. The van der Waals surface area contributed by atoms with E-state index >= 15 is 0 Å². The number of aromatic nitrogens is 2. The van der Waals surface area contributed by atoms with Gasteiger partial charge in [-0.05, 0) is 38.5 Å². The molecule has 0 radical (unpaired) electrons. The molecule has 0 bridgehead atoms. The monoisotopic (exact) mass is 425 g/mol. The molecule has 1 aliphatic rings. The van der Waals surface area contributed by atoms with Crippen LogP contribution in [-0.4, -0.2) is 60.9 Å². The van der Waals surface area contributed by atoms with Crippen LogP contribution in [0.25, 0.3) is 11.7 Å². The molecule has 3 heterocycles. The number of anilines is 1. The number of hydrogen-bond donors (Lipinski definition) is 1. The van der Waals surface area contributed by atoms with E-state index in [2.05, 4.69) is 5.32 Å². The normalized spacial score (nSPS) is 19.3. The van der Waals surface area contributed by atoms with Gasteiger partial charge in [0.2, 0.25) is 0 Å². The quantitative estimate of drug-likeness (QED) is 0.405. The molecule has 0 saturated carbocycles. The van der Waals surface area contributed by atoms with Crippen LogP contribution in [0.4, 0.5) is 5.82 Å². The average Bonchev–Trinajstić information content (AvgIpc) is 2.75. The van der Waals surface area contributed by atoms with Crippen LogP contribution >= 0.6 is 0 Å². The Morgan fingerprint density at radius 1 is 1.39 bits per heavy atom. The molecule has 1 fully saturated rings. The van der Waals surface area contributed by atoms with Gasteiger partial charge in [-0.15, -0.1) is 0 Å². The summed E-state index contributed by atoms with van der Waals surface area (Å²) in [5, 5.41) is 12.3. The summed E-state index contributed by atoms with van der Waals surface area (Å²) in [5.74, 6) is -0.0936. The SMILES string of the molecule is COCCCNC(=O)/C(C#N)=C/c1c(N2C[C@@H](C)O[C@@H](C)C2)nc2ccccn2c1=O. The second-order valence-electron chi connectivity index (χ2n) is 7.52. The molecule has 2 atom stereocenters. The Balaban J connectivity index is 2.05. The molecule has 9 heteroatoms. The lowest BCUT2D eigenvalue weighted by molar-refractivity contribution is -0.117. The molecule has 0 aliphatic carbocycles.